The zero-order chi connectivity index (χ0) is 23.8. The van der Waals surface area contributed by atoms with E-state index in [9.17, 15) is 0 Å². The van der Waals surface area contributed by atoms with Crippen molar-refractivity contribution in [2.75, 3.05) is 0 Å². The monoisotopic (exact) mass is 462 g/mol. The van der Waals surface area contributed by atoms with Gasteiger partial charge in [0.25, 0.3) is 0 Å². The van der Waals surface area contributed by atoms with Crippen molar-refractivity contribution in [3.8, 4) is 11.1 Å². The van der Waals surface area contributed by atoms with Gasteiger partial charge in [0.2, 0.25) is 0 Å². The molecule has 0 N–H and O–H groups in total. The lowest BCUT2D eigenvalue weighted by Gasteiger charge is -2.32. The van der Waals surface area contributed by atoms with Gasteiger partial charge in [-0.3, -0.25) is 0 Å². The summed E-state index contributed by atoms with van der Waals surface area (Å²) in [7, 11) is -0.716. The summed E-state index contributed by atoms with van der Waals surface area (Å²) in [6.45, 7) is 16.7. The van der Waals surface area contributed by atoms with Gasteiger partial charge >= 0.3 is 14.2 Å². The van der Waals surface area contributed by atoms with Crippen LogP contribution in [0.25, 0.3) is 21.2 Å². The van der Waals surface area contributed by atoms with Crippen LogP contribution < -0.4 is 10.9 Å². The van der Waals surface area contributed by atoms with Crippen LogP contribution in [0.2, 0.25) is 0 Å². The van der Waals surface area contributed by atoms with Crippen LogP contribution >= 0.6 is 11.3 Å². The van der Waals surface area contributed by atoms with Crippen LogP contribution in [0.15, 0.2) is 47.8 Å². The molecule has 0 saturated carbocycles. The first-order chi connectivity index (χ1) is 15.3. The standard InChI is InChI=1S/C26H32B2O4S/c1-23(2)24(3,4)30-27(29-23)18-11-9-17(10-12-18)19-13-14-21(22-20(19)15-16-33-22)28-31-25(5,6)26(7,8)32-28/h9-16H,1-8H3. The first kappa shape index (κ1) is 23.1. The van der Waals surface area contributed by atoms with E-state index >= 15 is 0 Å². The van der Waals surface area contributed by atoms with E-state index in [-0.39, 0.29) is 36.6 Å². The van der Waals surface area contributed by atoms with Crippen LogP contribution in [-0.4, -0.2) is 36.6 Å². The van der Waals surface area contributed by atoms with Crippen LogP contribution in [0.1, 0.15) is 55.4 Å². The molecule has 0 unspecified atom stereocenters. The molecule has 2 aliphatic heterocycles. The second-order valence-electron chi connectivity index (χ2n) is 11.2. The molecule has 172 valence electrons. The summed E-state index contributed by atoms with van der Waals surface area (Å²) in [5.74, 6) is 0. The normalized spacial score (nSPS) is 22.9. The van der Waals surface area contributed by atoms with Gasteiger partial charge in [0, 0.05) is 10.2 Å². The van der Waals surface area contributed by atoms with Crippen molar-refractivity contribution in [3.05, 3.63) is 47.8 Å². The molecule has 5 rings (SSSR count). The van der Waals surface area contributed by atoms with Crippen LogP contribution in [0.4, 0.5) is 0 Å². The zero-order valence-corrected chi connectivity index (χ0v) is 21.6. The van der Waals surface area contributed by atoms with Crippen LogP contribution in [-0.2, 0) is 18.6 Å². The average Bonchev–Trinajstić information content (AvgIpc) is 3.34. The summed E-state index contributed by atoms with van der Waals surface area (Å²) in [6, 6.07) is 15.0. The minimum absolute atomic E-state index is 0.345. The molecule has 0 amide bonds. The molecule has 2 saturated heterocycles. The Kier molecular flexibility index (Phi) is 5.21. The fourth-order valence-electron chi connectivity index (χ4n) is 4.29. The largest absolute Gasteiger partial charge is 0.496 e. The third kappa shape index (κ3) is 3.69. The molecule has 1 aromatic heterocycles. The Morgan fingerprint density at radius 1 is 0.606 bits per heavy atom. The van der Waals surface area contributed by atoms with Gasteiger partial charge in [-0.1, -0.05) is 36.4 Å². The summed E-state index contributed by atoms with van der Waals surface area (Å²) in [6.07, 6.45) is 0. The van der Waals surface area contributed by atoms with Crippen molar-refractivity contribution in [3.63, 3.8) is 0 Å². The van der Waals surface area contributed by atoms with Crippen LogP contribution in [0.3, 0.4) is 0 Å². The van der Waals surface area contributed by atoms with Crippen molar-refractivity contribution in [1.82, 2.24) is 0 Å². The summed E-state index contributed by atoms with van der Waals surface area (Å²) >= 11 is 1.73. The van der Waals surface area contributed by atoms with Crippen molar-refractivity contribution in [2.24, 2.45) is 0 Å². The van der Waals surface area contributed by atoms with E-state index in [0.717, 1.165) is 10.9 Å². The maximum Gasteiger partial charge on any atom is 0.496 e. The molecule has 0 atom stereocenters. The van der Waals surface area contributed by atoms with Gasteiger partial charge in [0.05, 0.1) is 22.4 Å². The minimum atomic E-state index is -0.365. The van der Waals surface area contributed by atoms with Gasteiger partial charge in [-0.2, -0.15) is 0 Å². The van der Waals surface area contributed by atoms with Gasteiger partial charge in [0.1, 0.15) is 0 Å². The molecule has 7 heteroatoms. The van der Waals surface area contributed by atoms with Crippen LogP contribution in [0, 0.1) is 0 Å². The smallest absolute Gasteiger partial charge is 0.399 e. The molecular formula is C26H32B2O4S. The Balaban J connectivity index is 1.45. The van der Waals surface area contributed by atoms with Crippen LogP contribution in [0.5, 0.6) is 0 Å². The van der Waals surface area contributed by atoms with E-state index in [1.54, 1.807) is 11.3 Å². The Bertz CT molecular complexity index is 1160. The summed E-state index contributed by atoms with van der Waals surface area (Å²) in [5.41, 5.74) is 3.09. The summed E-state index contributed by atoms with van der Waals surface area (Å²) < 4.78 is 26.3. The van der Waals surface area contributed by atoms with Crippen molar-refractivity contribution < 1.29 is 18.6 Å². The SMILES string of the molecule is CC1(C)OB(c2ccc(-c3ccc(B4OC(C)(C)C(C)(C)O4)c4sccc34)cc2)OC1(C)C. The Labute approximate surface area is 201 Å². The third-order valence-electron chi connectivity index (χ3n) is 7.90. The van der Waals surface area contributed by atoms with E-state index in [4.69, 9.17) is 18.6 Å². The first-order valence-corrected chi connectivity index (χ1v) is 12.5. The number of hydrogen-bond acceptors (Lipinski definition) is 5. The lowest BCUT2D eigenvalue weighted by atomic mass is 9.77. The fourth-order valence-corrected chi connectivity index (χ4v) is 5.24. The molecule has 3 heterocycles. The van der Waals surface area contributed by atoms with Gasteiger partial charge in [0.15, 0.2) is 0 Å². The second-order valence-corrected chi connectivity index (χ2v) is 12.1. The Morgan fingerprint density at radius 3 is 1.67 bits per heavy atom. The quantitative estimate of drug-likeness (QED) is 0.504. The molecule has 2 fully saturated rings. The summed E-state index contributed by atoms with van der Waals surface area (Å²) in [5, 5.41) is 3.36. The lowest BCUT2D eigenvalue weighted by Crippen LogP contribution is -2.41. The van der Waals surface area contributed by atoms with E-state index < -0.39 is 0 Å². The van der Waals surface area contributed by atoms with E-state index in [1.807, 2.05) is 0 Å². The van der Waals surface area contributed by atoms with Gasteiger partial charge in [-0.05, 0) is 88.8 Å². The molecular weight excluding hydrogens is 430 g/mol. The van der Waals surface area contributed by atoms with Gasteiger partial charge in [-0.25, -0.2) is 0 Å². The molecule has 33 heavy (non-hydrogen) atoms. The zero-order valence-electron chi connectivity index (χ0n) is 20.8. The molecule has 0 aliphatic carbocycles. The predicted molar refractivity (Wildman–Crippen MR) is 139 cm³/mol. The molecule has 0 bridgehead atoms. The van der Waals surface area contributed by atoms with E-state index in [0.29, 0.717) is 0 Å². The maximum absolute atomic E-state index is 6.34. The average molecular weight is 462 g/mol. The highest BCUT2D eigenvalue weighted by Gasteiger charge is 2.53. The first-order valence-electron chi connectivity index (χ1n) is 11.6. The molecule has 3 aromatic rings. The molecule has 0 radical (unpaired) electrons. The highest BCUT2D eigenvalue weighted by atomic mass is 32.1. The number of thiophene rings is 1. The lowest BCUT2D eigenvalue weighted by molar-refractivity contribution is 0.00578. The number of hydrogen-bond donors (Lipinski definition) is 0. The van der Waals surface area contributed by atoms with E-state index in [2.05, 4.69) is 103 Å². The maximum atomic E-state index is 6.34. The molecule has 2 aromatic carbocycles. The summed E-state index contributed by atoms with van der Waals surface area (Å²) in [4.78, 5) is 0. The number of rotatable bonds is 3. The van der Waals surface area contributed by atoms with Gasteiger partial charge in [-0.15, -0.1) is 11.3 Å². The van der Waals surface area contributed by atoms with Crippen molar-refractivity contribution >= 4 is 46.6 Å². The fraction of sp³-hybridized carbons (Fsp3) is 0.462. The second kappa shape index (κ2) is 7.43. The topological polar surface area (TPSA) is 36.9 Å². The molecule has 4 nitrogen and oxygen atoms in total. The number of fused-ring (bicyclic) bond motifs is 1. The highest BCUT2D eigenvalue weighted by Crippen LogP contribution is 2.39. The highest BCUT2D eigenvalue weighted by molar-refractivity contribution is 7.18. The number of benzene rings is 2. The minimum Gasteiger partial charge on any atom is -0.399 e. The van der Waals surface area contributed by atoms with E-state index in [1.165, 1.54) is 21.2 Å². The predicted octanol–water partition coefficient (Wildman–Crippen LogP) is 5.17. The van der Waals surface area contributed by atoms with Crippen molar-refractivity contribution in [1.29, 1.82) is 0 Å². The van der Waals surface area contributed by atoms with Gasteiger partial charge < -0.3 is 18.6 Å². The Morgan fingerprint density at radius 2 is 1.12 bits per heavy atom. The Hall–Kier alpha value is -1.63. The molecule has 2 aliphatic rings. The molecule has 0 spiro atoms. The third-order valence-corrected chi connectivity index (χ3v) is 8.86. The van der Waals surface area contributed by atoms with Crippen molar-refractivity contribution in [2.45, 2.75) is 77.8 Å².